The van der Waals surface area contributed by atoms with Gasteiger partial charge in [-0.1, -0.05) is 42.5 Å². The first-order valence-corrected chi connectivity index (χ1v) is 10.0. The number of carbonyl (C=O) groups excluding carboxylic acids is 4. The molecular formula is C25H19NO7. The second-order valence-corrected chi connectivity index (χ2v) is 7.10. The van der Waals surface area contributed by atoms with Gasteiger partial charge in [-0.15, -0.1) is 0 Å². The summed E-state index contributed by atoms with van der Waals surface area (Å²) in [4.78, 5) is 52.5. The normalized spacial score (nSPS) is 17.5. The van der Waals surface area contributed by atoms with Crippen LogP contribution in [0.25, 0.3) is 0 Å². The third kappa shape index (κ3) is 4.45. The maximum absolute atomic E-state index is 13.2. The van der Waals surface area contributed by atoms with Crippen molar-refractivity contribution in [2.75, 3.05) is 12.0 Å². The molecule has 1 aliphatic heterocycles. The molecule has 1 fully saturated rings. The van der Waals surface area contributed by atoms with Crippen LogP contribution in [0.5, 0.6) is 5.75 Å². The molecule has 0 radical (unpaired) electrons. The highest BCUT2D eigenvalue weighted by Crippen LogP contribution is 2.30. The Bertz CT molecular complexity index is 1120. The Morgan fingerprint density at radius 2 is 1.18 bits per heavy atom. The number of nitrogens with zero attached hydrogens (tertiary/aromatic N) is 1. The smallest absolute Gasteiger partial charge is 0.339 e. The SMILES string of the molecule is COc1cccc(N2C(=O)[C@H](OC(=O)c3ccccc3)[C@@H](OC(=O)c3ccccc3)C2=O)c1. The second kappa shape index (κ2) is 9.35. The number of carbonyl (C=O) groups is 4. The zero-order valence-corrected chi connectivity index (χ0v) is 17.5. The first kappa shape index (κ1) is 21.8. The Morgan fingerprint density at radius 3 is 1.64 bits per heavy atom. The molecule has 1 heterocycles. The van der Waals surface area contributed by atoms with Crippen LogP contribution in [0.15, 0.2) is 84.9 Å². The number of methoxy groups -OCH3 is 1. The zero-order valence-electron chi connectivity index (χ0n) is 17.5. The molecule has 0 aromatic heterocycles. The Hall–Kier alpha value is -4.46. The summed E-state index contributed by atoms with van der Waals surface area (Å²) in [5.41, 5.74) is 0.569. The summed E-state index contributed by atoms with van der Waals surface area (Å²) in [7, 11) is 1.45. The monoisotopic (exact) mass is 445 g/mol. The van der Waals surface area contributed by atoms with Gasteiger partial charge in [-0.2, -0.15) is 0 Å². The van der Waals surface area contributed by atoms with Gasteiger partial charge in [0.2, 0.25) is 12.2 Å². The van der Waals surface area contributed by atoms with Crippen molar-refractivity contribution in [3.05, 3.63) is 96.1 Å². The molecule has 8 nitrogen and oxygen atoms in total. The van der Waals surface area contributed by atoms with E-state index in [2.05, 4.69) is 0 Å². The van der Waals surface area contributed by atoms with Gasteiger partial charge in [0.1, 0.15) is 5.75 Å². The quantitative estimate of drug-likeness (QED) is 0.425. The average molecular weight is 445 g/mol. The van der Waals surface area contributed by atoms with Crippen LogP contribution in [-0.2, 0) is 19.1 Å². The van der Waals surface area contributed by atoms with Crippen molar-refractivity contribution in [3.8, 4) is 5.75 Å². The van der Waals surface area contributed by atoms with E-state index in [0.717, 1.165) is 4.90 Å². The summed E-state index contributed by atoms with van der Waals surface area (Å²) in [5, 5.41) is 0. The summed E-state index contributed by atoms with van der Waals surface area (Å²) < 4.78 is 15.9. The third-order valence-electron chi connectivity index (χ3n) is 5.00. The van der Waals surface area contributed by atoms with Crippen molar-refractivity contribution >= 4 is 29.4 Å². The van der Waals surface area contributed by atoms with E-state index in [-0.39, 0.29) is 16.8 Å². The summed E-state index contributed by atoms with van der Waals surface area (Å²) in [6.07, 6.45) is -3.30. The van der Waals surface area contributed by atoms with Crippen LogP contribution in [0.1, 0.15) is 20.7 Å². The molecule has 2 atom stereocenters. The Balaban J connectivity index is 1.66. The molecule has 3 aromatic carbocycles. The minimum Gasteiger partial charge on any atom is -0.497 e. The van der Waals surface area contributed by atoms with Crippen molar-refractivity contribution in [3.63, 3.8) is 0 Å². The van der Waals surface area contributed by atoms with E-state index >= 15 is 0 Å². The van der Waals surface area contributed by atoms with E-state index < -0.39 is 36.0 Å². The van der Waals surface area contributed by atoms with E-state index in [9.17, 15) is 19.2 Å². The summed E-state index contributed by atoms with van der Waals surface area (Å²) >= 11 is 0. The largest absolute Gasteiger partial charge is 0.497 e. The second-order valence-electron chi connectivity index (χ2n) is 7.10. The Kier molecular flexibility index (Phi) is 6.17. The van der Waals surface area contributed by atoms with Gasteiger partial charge in [-0.3, -0.25) is 9.59 Å². The minimum absolute atomic E-state index is 0.186. The lowest BCUT2D eigenvalue weighted by atomic mass is 10.2. The van der Waals surface area contributed by atoms with Crippen LogP contribution < -0.4 is 9.64 Å². The molecule has 3 aromatic rings. The summed E-state index contributed by atoms with van der Waals surface area (Å²) in [5.74, 6) is -2.90. The van der Waals surface area contributed by atoms with Crippen LogP contribution in [-0.4, -0.2) is 43.1 Å². The molecular weight excluding hydrogens is 426 g/mol. The van der Waals surface area contributed by atoms with Crippen molar-refractivity contribution < 1.29 is 33.4 Å². The Labute approximate surface area is 189 Å². The number of hydrogen-bond donors (Lipinski definition) is 0. The molecule has 33 heavy (non-hydrogen) atoms. The topological polar surface area (TPSA) is 99.2 Å². The van der Waals surface area contributed by atoms with Gasteiger partial charge >= 0.3 is 11.9 Å². The van der Waals surface area contributed by atoms with E-state index in [1.165, 1.54) is 43.5 Å². The lowest BCUT2D eigenvalue weighted by molar-refractivity contribution is -0.130. The van der Waals surface area contributed by atoms with Crippen LogP contribution in [0, 0.1) is 0 Å². The summed E-state index contributed by atoms with van der Waals surface area (Å²) in [6.45, 7) is 0. The first-order chi connectivity index (χ1) is 16.0. The van der Waals surface area contributed by atoms with Gasteiger partial charge in [0.25, 0.3) is 11.8 Å². The number of amides is 2. The molecule has 0 N–H and O–H groups in total. The summed E-state index contributed by atoms with van der Waals surface area (Å²) in [6, 6.07) is 22.3. The highest BCUT2D eigenvalue weighted by Gasteiger charge is 2.53. The number of hydrogen-bond acceptors (Lipinski definition) is 7. The molecule has 1 saturated heterocycles. The predicted molar refractivity (Wildman–Crippen MR) is 117 cm³/mol. The predicted octanol–water partition coefficient (Wildman–Crippen LogP) is 3.02. The number of rotatable bonds is 6. The molecule has 0 saturated carbocycles. The maximum Gasteiger partial charge on any atom is 0.339 e. The van der Waals surface area contributed by atoms with Crippen LogP contribution in [0.3, 0.4) is 0 Å². The van der Waals surface area contributed by atoms with E-state index in [1.807, 2.05) is 0 Å². The maximum atomic E-state index is 13.2. The van der Waals surface area contributed by atoms with Crippen LogP contribution in [0.4, 0.5) is 5.69 Å². The highest BCUT2D eigenvalue weighted by molar-refractivity contribution is 6.25. The number of benzene rings is 3. The third-order valence-corrected chi connectivity index (χ3v) is 5.00. The molecule has 0 unspecified atom stereocenters. The molecule has 2 amide bonds. The van der Waals surface area contributed by atoms with Gasteiger partial charge in [0.05, 0.1) is 23.9 Å². The average Bonchev–Trinajstić information content (AvgIpc) is 3.08. The lowest BCUT2D eigenvalue weighted by Crippen LogP contribution is -2.37. The number of anilines is 1. The molecule has 0 spiro atoms. The van der Waals surface area contributed by atoms with Crippen molar-refractivity contribution in [1.29, 1.82) is 0 Å². The minimum atomic E-state index is -1.65. The Morgan fingerprint density at radius 1 is 0.697 bits per heavy atom. The molecule has 1 aliphatic rings. The van der Waals surface area contributed by atoms with Crippen molar-refractivity contribution in [2.45, 2.75) is 12.2 Å². The van der Waals surface area contributed by atoms with Crippen molar-refractivity contribution in [1.82, 2.24) is 0 Å². The van der Waals surface area contributed by atoms with Gasteiger partial charge in [0, 0.05) is 6.07 Å². The number of esters is 2. The fourth-order valence-corrected chi connectivity index (χ4v) is 3.37. The standard InChI is InChI=1S/C25H19NO7/c1-31-19-14-8-13-18(15-19)26-22(27)20(32-24(29)16-9-4-2-5-10-16)21(23(26)28)33-25(30)17-11-6-3-7-12-17/h2-15,20-21H,1H3/t20-,21-/m1/s1. The van der Waals surface area contributed by atoms with Crippen LogP contribution in [0.2, 0.25) is 0 Å². The highest BCUT2D eigenvalue weighted by atomic mass is 16.6. The van der Waals surface area contributed by atoms with Gasteiger partial charge in [-0.05, 0) is 36.4 Å². The van der Waals surface area contributed by atoms with Crippen LogP contribution >= 0.6 is 0 Å². The molecule has 0 bridgehead atoms. The molecule has 166 valence electrons. The van der Waals surface area contributed by atoms with Gasteiger partial charge in [-0.25, -0.2) is 14.5 Å². The first-order valence-electron chi connectivity index (χ1n) is 10.0. The van der Waals surface area contributed by atoms with E-state index in [4.69, 9.17) is 14.2 Å². The fourth-order valence-electron chi connectivity index (χ4n) is 3.37. The van der Waals surface area contributed by atoms with E-state index in [0.29, 0.717) is 5.75 Å². The van der Waals surface area contributed by atoms with Gasteiger partial charge in [0.15, 0.2) is 0 Å². The van der Waals surface area contributed by atoms with Crippen molar-refractivity contribution in [2.24, 2.45) is 0 Å². The molecule has 8 heteroatoms. The molecule has 4 rings (SSSR count). The number of imide groups is 1. The fraction of sp³-hybridized carbons (Fsp3) is 0.120. The van der Waals surface area contributed by atoms with Gasteiger partial charge < -0.3 is 14.2 Å². The van der Waals surface area contributed by atoms with E-state index in [1.54, 1.807) is 48.5 Å². The number of ether oxygens (including phenoxy) is 3. The zero-order chi connectivity index (χ0) is 23.4. The lowest BCUT2D eigenvalue weighted by Gasteiger charge is -2.16. The molecule has 0 aliphatic carbocycles.